The molecule has 4 nitrogen and oxygen atoms in total. The molecule has 15 heavy (non-hydrogen) atoms. The van der Waals surface area contributed by atoms with Crippen molar-refractivity contribution in [3.8, 4) is 0 Å². The van der Waals surface area contributed by atoms with Gasteiger partial charge in [0, 0.05) is 26.2 Å². The van der Waals surface area contributed by atoms with Crippen LogP contribution in [-0.2, 0) is 9.53 Å². The maximum absolute atomic E-state index is 11.4. The van der Waals surface area contributed by atoms with E-state index < -0.39 is 0 Å². The van der Waals surface area contributed by atoms with E-state index in [9.17, 15) is 4.79 Å². The minimum Gasteiger partial charge on any atom is -0.381 e. The maximum Gasteiger partial charge on any atom is 0.220 e. The highest BCUT2D eigenvalue weighted by molar-refractivity contribution is 5.75. The van der Waals surface area contributed by atoms with Crippen LogP contribution in [0.3, 0.4) is 0 Å². The molecule has 2 N–H and O–H groups in total. The fourth-order valence-corrected chi connectivity index (χ4v) is 1.73. The van der Waals surface area contributed by atoms with Crippen molar-refractivity contribution in [3.05, 3.63) is 0 Å². The van der Waals surface area contributed by atoms with Gasteiger partial charge in [0.05, 0.1) is 0 Å². The van der Waals surface area contributed by atoms with Crippen LogP contribution in [-0.4, -0.2) is 39.3 Å². The first-order valence-electron chi connectivity index (χ1n) is 5.82. The average Bonchev–Trinajstić information content (AvgIpc) is 2.74. The molecule has 1 unspecified atom stereocenters. The first kappa shape index (κ1) is 12.5. The fourth-order valence-electron chi connectivity index (χ4n) is 1.73. The van der Waals surface area contributed by atoms with Crippen LogP contribution >= 0.6 is 0 Å². The Morgan fingerprint density at radius 2 is 2.33 bits per heavy atom. The van der Waals surface area contributed by atoms with E-state index in [-0.39, 0.29) is 5.91 Å². The van der Waals surface area contributed by atoms with Gasteiger partial charge < -0.3 is 15.4 Å². The monoisotopic (exact) mass is 214 g/mol. The van der Waals surface area contributed by atoms with Crippen LogP contribution in [0.25, 0.3) is 0 Å². The van der Waals surface area contributed by atoms with Crippen molar-refractivity contribution >= 4 is 5.91 Å². The van der Waals surface area contributed by atoms with Gasteiger partial charge in [-0.25, -0.2) is 0 Å². The normalized spacial score (nSPS) is 20.5. The van der Waals surface area contributed by atoms with Gasteiger partial charge in [-0.2, -0.15) is 0 Å². The third-order valence-corrected chi connectivity index (χ3v) is 2.73. The molecular weight excluding hydrogens is 192 g/mol. The predicted octanol–water partition coefficient (Wildman–Crippen LogP) is 0.529. The Bertz CT molecular complexity index is 179. The summed E-state index contributed by atoms with van der Waals surface area (Å²) in [7, 11) is 1.92. The number of amides is 1. The van der Waals surface area contributed by atoms with Gasteiger partial charge in [-0.3, -0.25) is 4.79 Å². The number of hydrogen-bond donors (Lipinski definition) is 2. The Kier molecular flexibility index (Phi) is 6.36. The number of ether oxygens (including phenoxy) is 1. The molecule has 0 bridgehead atoms. The summed E-state index contributed by atoms with van der Waals surface area (Å²) in [5.74, 6) is 0.783. The van der Waals surface area contributed by atoms with Crippen molar-refractivity contribution in [2.24, 2.45) is 5.92 Å². The molecule has 4 heteroatoms. The van der Waals surface area contributed by atoms with E-state index in [0.29, 0.717) is 12.3 Å². The third-order valence-electron chi connectivity index (χ3n) is 2.73. The molecule has 0 saturated carbocycles. The number of carbonyl (C=O) groups excluding carboxylic acids is 1. The van der Waals surface area contributed by atoms with E-state index in [1.165, 1.54) is 0 Å². The van der Waals surface area contributed by atoms with E-state index in [2.05, 4.69) is 10.6 Å². The summed E-state index contributed by atoms with van der Waals surface area (Å²) >= 11 is 0. The molecule has 0 aromatic rings. The standard InChI is InChI=1S/C11H22N2O2/c1-12-6-2-7-13-11(14)4-3-10-5-8-15-9-10/h10,12H,2-9H2,1H3,(H,13,14). The molecule has 0 spiro atoms. The van der Waals surface area contributed by atoms with Gasteiger partial charge >= 0.3 is 0 Å². The van der Waals surface area contributed by atoms with E-state index in [1.54, 1.807) is 0 Å². The van der Waals surface area contributed by atoms with Crippen molar-refractivity contribution < 1.29 is 9.53 Å². The predicted molar refractivity (Wildman–Crippen MR) is 59.7 cm³/mol. The van der Waals surface area contributed by atoms with Gasteiger partial charge in [-0.1, -0.05) is 0 Å². The van der Waals surface area contributed by atoms with Crippen molar-refractivity contribution in [1.82, 2.24) is 10.6 Å². The van der Waals surface area contributed by atoms with Crippen LogP contribution in [0.2, 0.25) is 0 Å². The molecule has 1 amide bonds. The molecule has 0 radical (unpaired) electrons. The van der Waals surface area contributed by atoms with Crippen molar-refractivity contribution in [2.75, 3.05) is 33.4 Å². The van der Waals surface area contributed by atoms with E-state index in [0.717, 1.165) is 45.6 Å². The summed E-state index contributed by atoms with van der Waals surface area (Å²) in [5.41, 5.74) is 0. The summed E-state index contributed by atoms with van der Waals surface area (Å²) in [5, 5.41) is 5.97. The Labute approximate surface area is 91.8 Å². The van der Waals surface area contributed by atoms with Gasteiger partial charge in [0.2, 0.25) is 5.91 Å². The number of carbonyl (C=O) groups is 1. The summed E-state index contributed by atoms with van der Waals surface area (Å²) in [6.45, 7) is 3.44. The summed E-state index contributed by atoms with van der Waals surface area (Å²) in [4.78, 5) is 11.4. The lowest BCUT2D eigenvalue weighted by Gasteiger charge is -2.07. The Morgan fingerprint density at radius 1 is 1.47 bits per heavy atom. The number of hydrogen-bond acceptors (Lipinski definition) is 3. The zero-order valence-corrected chi connectivity index (χ0v) is 9.55. The van der Waals surface area contributed by atoms with Crippen LogP contribution in [0.15, 0.2) is 0 Å². The highest BCUT2D eigenvalue weighted by Crippen LogP contribution is 2.17. The van der Waals surface area contributed by atoms with Crippen LogP contribution in [0.1, 0.15) is 25.7 Å². The highest BCUT2D eigenvalue weighted by atomic mass is 16.5. The lowest BCUT2D eigenvalue weighted by Crippen LogP contribution is -2.26. The van der Waals surface area contributed by atoms with Crippen molar-refractivity contribution in [1.29, 1.82) is 0 Å². The van der Waals surface area contributed by atoms with Crippen LogP contribution in [0.5, 0.6) is 0 Å². The lowest BCUT2D eigenvalue weighted by atomic mass is 10.0. The quantitative estimate of drug-likeness (QED) is 0.608. The largest absolute Gasteiger partial charge is 0.381 e. The van der Waals surface area contributed by atoms with Crippen LogP contribution in [0.4, 0.5) is 0 Å². The fraction of sp³-hybridized carbons (Fsp3) is 0.909. The molecule has 1 fully saturated rings. The Balaban J connectivity index is 1.93. The molecule has 1 aliphatic rings. The van der Waals surface area contributed by atoms with Crippen molar-refractivity contribution in [3.63, 3.8) is 0 Å². The van der Waals surface area contributed by atoms with Crippen LogP contribution < -0.4 is 10.6 Å². The summed E-state index contributed by atoms with van der Waals surface area (Å²) in [6, 6.07) is 0. The second kappa shape index (κ2) is 7.65. The second-order valence-corrected chi connectivity index (χ2v) is 4.08. The first-order chi connectivity index (χ1) is 7.33. The molecule has 88 valence electrons. The van der Waals surface area contributed by atoms with E-state index in [4.69, 9.17) is 4.74 Å². The molecule has 0 aliphatic carbocycles. The van der Waals surface area contributed by atoms with Gasteiger partial charge in [-0.05, 0) is 38.8 Å². The van der Waals surface area contributed by atoms with E-state index >= 15 is 0 Å². The molecule has 1 atom stereocenters. The third kappa shape index (κ3) is 5.74. The summed E-state index contributed by atoms with van der Waals surface area (Å²) in [6.07, 6.45) is 3.73. The number of rotatable bonds is 7. The Hall–Kier alpha value is -0.610. The molecule has 1 rings (SSSR count). The SMILES string of the molecule is CNCCCNC(=O)CCC1CCOC1. The average molecular weight is 214 g/mol. The van der Waals surface area contributed by atoms with Gasteiger partial charge in [-0.15, -0.1) is 0 Å². The smallest absolute Gasteiger partial charge is 0.220 e. The lowest BCUT2D eigenvalue weighted by molar-refractivity contribution is -0.121. The second-order valence-electron chi connectivity index (χ2n) is 4.08. The van der Waals surface area contributed by atoms with Gasteiger partial charge in [0.1, 0.15) is 0 Å². The molecule has 0 aromatic carbocycles. The topological polar surface area (TPSA) is 50.4 Å². The summed E-state index contributed by atoms with van der Waals surface area (Å²) < 4.78 is 5.26. The zero-order valence-electron chi connectivity index (χ0n) is 9.55. The molecule has 1 heterocycles. The van der Waals surface area contributed by atoms with E-state index in [1.807, 2.05) is 7.05 Å². The molecule has 1 aliphatic heterocycles. The van der Waals surface area contributed by atoms with Gasteiger partial charge in [0.15, 0.2) is 0 Å². The molecular formula is C11H22N2O2. The van der Waals surface area contributed by atoms with Gasteiger partial charge in [0.25, 0.3) is 0 Å². The minimum absolute atomic E-state index is 0.179. The molecule has 1 saturated heterocycles. The number of nitrogens with one attached hydrogen (secondary N) is 2. The highest BCUT2D eigenvalue weighted by Gasteiger charge is 2.16. The first-order valence-corrected chi connectivity index (χ1v) is 5.82. The Morgan fingerprint density at radius 3 is 3.00 bits per heavy atom. The zero-order chi connectivity index (χ0) is 10.9. The minimum atomic E-state index is 0.179. The van der Waals surface area contributed by atoms with Crippen LogP contribution in [0, 0.1) is 5.92 Å². The maximum atomic E-state index is 11.4. The molecule has 0 aromatic heterocycles. The van der Waals surface area contributed by atoms with Crippen molar-refractivity contribution in [2.45, 2.75) is 25.7 Å².